The van der Waals surface area contributed by atoms with Crippen LogP contribution in [0.4, 0.5) is 10.1 Å². The molecular formula is C15H21FN2O2. The first-order valence-corrected chi connectivity index (χ1v) is 7.05. The summed E-state index contributed by atoms with van der Waals surface area (Å²) < 4.78 is 13.2. The molecular weight excluding hydrogens is 259 g/mol. The fourth-order valence-corrected chi connectivity index (χ4v) is 2.65. The average molecular weight is 280 g/mol. The summed E-state index contributed by atoms with van der Waals surface area (Å²) in [5.74, 6) is -0.947. The largest absolute Gasteiger partial charge is 0.399 e. The Morgan fingerprint density at radius 2 is 1.90 bits per heavy atom. The fraction of sp³-hybridized carbons (Fsp3) is 0.533. The van der Waals surface area contributed by atoms with Crippen molar-refractivity contribution in [2.75, 3.05) is 12.3 Å². The normalized spacial score (nSPS) is 18.3. The topological polar surface area (TPSA) is 75.4 Å². The van der Waals surface area contributed by atoms with Gasteiger partial charge >= 0.3 is 0 Å². The van der Waals surface area contributed by atoms with E-state index < -0.39 is 17.3 Å². The molecule has 0 atom stereocenters. The molecule has 5 heteroatoms. The lowest BCUT2D eigenvalue weighted by Crippen LogP contribution is -2.42. The molecule has 1 aromatic rings. The Hall–Kier alpha value is -1.62. The molecule has 1 amide bonds. The Kier molecular flexibility index (Phi) is 4.60. The second kappa shape index (κ2) is 6.22. The van der Waals surface area contributed by atoms with Crippen LogP contribution < -0.4 is 11.1 Å². The van der Waals surface area contributed by atoms with E-state index in [2.05, 4.69) is 5.32 Å². The van der Waals surface area contributed by atoms with Crippen LogP contribution in [-0.2, 0) is 0 Å². The number of aliphatic hydroxyl groups is 1. The van der Waals surface area contributed by atoms with Gasteiger partial charge in [0.2, 0.25) is 0 Å². The lowest BCUT2D eigenvalue weighted by molar-refractivity contribution is 0.0246. The Morgan fingerprint density at radius 1 is 1.25 bits per heavy atom. The number of anilines is 1. The smallest absolute Gasteiger partial charge is 0.251 e. The molecule has 0 spiro atoms. The van der Waals surface area contributed by atoms with Gasteiger partial charge in [0.15, 0.2) is 0 Å². The standard InChI is InChI=1S/C15H21FN2O2/c16-12-7-11(8-13(17)9-12)14(19)18-10-15(20)5-3-1-2-4-6-15/h7-9,20H,1-6,10,17H2,(H,18,19). The maximum absolute atomic E-state index is 13.2. The van der Waals surface area contributed by atoms with Crippen LogP contribution in [0, 0.1) is 5.82 Å². The summed E-state index contributed by atoms with van der Waals surface area (Å²) >= 11 is 0. The summed E-state index contributed by atoms with van der Waals surface area (Å²) in [4.78, 5) is 12.0. The zero-order valence-electron chi connectivity index (χ0n) is 11.5. The number of carbonyl (C=O) groups excluding carboxylic acids is 1. The summed E-state index contributed by atoms with van der Waals surface area (Å²) in [6.45, 7) is 0.197. The lowest BCUT2D eigenvalue weighted by Gasteiger charge is -2.26. The molecule has 1 aliphatic rings. The van der Waals surface area contributed by atoms with Crippen molar-refractivity contribution in [2.45, 2.75) is 44.1 Å². The third-order valence-electron chi connectivity index (χ3n) is 3.79. The molecule has 1 saturated carbocycles. The van der Waals surface area contributed by atoms with Crippen LogP contribution in [0.3, 0.4) is 0 Å². The SMILES string of the molecule is Nc1cc(F)cc(C(=O)NCC2(O)CCCCCC2)c1. The summed E-state index contributed by atoms with van der Waals surface area (Å²) in [5.41, 5.74) is 5.06. The number of benzene rings is 1. The Labute approximate surface area is 118 Å². The van der Waals surface area contributed by atoms with Crippen LogP contribution in [0.25, 0.3) is 0 Å². The van der Waals surface area contributed by atoms with Crippen molar-refractivity contribution >= 4 is 11.6 Å². The molecule has 4 N–H and O–H groups in total. The molecule has 0 heterocycles. The summed E-state index contributed by atoms with van der Waals surface area (Å²) in [6.07, 6.45) is 5.57. The van der Waals surface area contributed by atoms with E-state index in [4.69, 9.17) is 5.73 Å². The number of amides is 1. The highest BCUT2D eigenvalue weighted by molar-refractivity contribution is 5.95. The van der Waals surface area contributed by atoms with Gasteiger partial charge < -0.3 is 16.2 Å². The molecule has 4 nitrogen and oxygen atoms in total. The highest BCUT2D eigenvalue weighted by Crippen LogP contribution is 2.26. The maximum Gasteiger partial charge on any atom is 0.251 e. The molecule has 0 bridgehead atoms. The Balaban J connectivity index is 1.97. The minimum atomic E-state index is -0.842. The van der Waals surface area contributed by atoms with E-state index in [1.165, 1.54) is 6.07 Å². The first-order valence-electron chi connectivity index (χ1n) is 7.05. The number of carbonyl (C=O) groups is 1. The average Bonchev–Trinajstić information content (AvgIpc) is 2.60. The third kappa shape index (κ3) is 3.93. The summed E-state index contributed by atoms with van der Waals surface area (Å²) in [6, 6.07) is 3.73. The minimum Gasteiger partial charge on any atom is -0.399 e. The molecule has 2 rings (SSSR count). The molecule has 0 saturated heterocycles. The predicted molar refractivity (Wildman–Crippen MR) is 75.8 cm³/mol. The van der Waals surface area contributed by atoms with Gasteiger partial charge in [0.05, 0.1) is 5.60 Å². The van der Waals surface area contributed by atoms with Crippen LogP contribution in [0.2, 0.25) is 0 Å². The van der Waals surface area contributed by atoms with E-state index in [0.717, 1.165) is 37.8 Å². The number of halogens is 1. The number of nitrogens with one attached hydrogen (secondary N) is 1. The van der Waals surface area contributed by atoms with Crippen LogP contribution in [-0.4, -0.2) is 23.2 Å². The Morgan fingerprint density at radius 3 is 2.50 bits per heavy atom. The molecule has 1 aliphatic carbocycles. The molecule has 110 valence electrons. The first-order chi connectivity index (χ1) is 9.48. The number of hydrogen-bond donors (Lipinski definition) is 3. The van der Waals surface area contributed by atoms with Crippen molar-refractivity contribution in [1.82, 2.24) is 5.32 Å². The van der Waals surface area contributed by atoms with Crippen molar-refractivity contribution in [3.8, 4) is 0 Å². The molecule has 1 aromatic carbocycles. The van der Waals surface area contributed by atoms with Gasteiger partial charge in [-0.05, 0) is 31.0 Å². The van der Waals surface area contributed by atoms with E-state index in [0.29, 0.717) is 12.8 Å². The van der Waals surface area contributed by atoms with Crippen LogP contribution in [0.5, 0.6) is 0 Å². The van der Waals surface area contributed by atoms with Gasteiger partial charge in [0.25, 0.3) is 5.91 Å². The van der Waals surface area contributed by atoms with Gasteiger partial charge in [0, 0.05) is 17.8 Å². The number of rotatable bonds is 3. The van der Waals surface area contributed by atoms with Gasteiger partial charge in [-0.25, -0.2) is 4.39 Å². The molecule has 0 radical (unpaired) electrons. The van der Waals surface area contributed by atoms with Gasteiger partial charge in [-0.2, -0.15) is 0 Å². The van der Waals surface area contributed by atoms with Crippen molar-refractivity contribution < 1.29 is 14.3 Å². The third-order valence-corrected chi connectivity index (χ3v) is 3.79. The molecule has 0 unspecified atom stereocenters. The zero-order chi connectivity index (χ0) is 14.6. The zero-order valence-corrected chi connectivity index (χ0v) is 11.5. The molecule has 0 aromatic heterocycles. The Bertz CT molecular complexity index is 463. The van der Waals surface area contributed by atoms with E-state index in [9.17, 15) is 14.3 Å². The summed E-state index contributed by atoms with van der Waals surface area (Å²) in [5, 5.41) is 13.1. The van der Waals surface area contributed by atoms with Crippen LogP contribution in [0.1, 0.15) is 48.9 Å². The van der Waals surface area contributed by atoms with E-state index in [1.54, 1.807) is 0 Å². The van der Waals surface area contributed by atoms with Gasteiger partial charge in [-0.15, -0.1) is 0 Å². The second-order valence-corrected chi connectivity index (χ2v) is 5.59. The van der Waals surface area contributed by atoms with E-state index >= 15 is 0 Å². The van der Waals surface area contributed by atoms with Crippen LogP contribution >= 0.6 is 0 Å². The number of nitrogens with two attached hydrogens (primary N) is 1. The molecule has 0 aliphatic heterocycles. The monoisotopic (exact) mass is 280 g/mol. The molecule has 1 fully saturated rings. The van der Waals surface area contributed by atoms with Crippen LogP contribution in [0.15, 0.2) is 18.2 Å². The van der Waals surface area contributed by atoms with E-state index in [-0.39, 0.29) is 17.8 Å². The van der Waals surface area contributed by atoms with Gasteiger partial charge in [-0.3, -0.25) is 4.79 Å². The highest BCUT2D eigenvalue weighted by Gasteiger charge is 2.28. The van der Waals surface area contributed by atoms with Gasteiger partial charge in [0.1, 0.15) is 5.82 Å². The number of nitrogen functional groups attached to an aromatic ring is 1. The summed E-state index contributed by atoms with van der Waals surface area (Å²) in [7, 11) is 0. The first kappa shape index (κ1) is 14.8. The quantitative estimate of drug-likeness (QED) is 0.587. The molecule has 20 heavy (non-hydrogen) atoms. The van der Waals surface area contributed by atoms with Crippen molar-refractivity contribution in [1.29, 1.82) is 0 Å². The van der Waals surface area contributed by atoms with Crippen molar-refractivity contribution in [3.05, 3.63) is 29.6 Å². The highest BCUT2D eigenvalue weighted by atomic mass is 19.1. The fourth-order valence-electron chi connectivity index (χ4n) is 2.65. The van der Waals surface area contributed by atoms with Crippen molar-refractivity contribution in [2.24, 2.45) is 0 Å². The minimum absolute atomic E-state index is 0.180. The van der Waals surface area contributed by atoms with E-state index in [1.807, 2.05) is 0 Å². The maximum atomic E-state index is 13.2. The lowest BCUT2D eigenvalue weighted by atomic mass is 9.94. The number of hydrogen-bond acceptors (Lipinski definition) is 3. The van der Waals surface area contributed by atoms with Gasteiger partial charge in [-0.1, -0.05) is 25.7 Å². The van der Waals surface area contributed by atoms with Crippen molar-refractivity contribution in [3.63, 3.8) is 0 Å². The predicted octanol–water partition coefficient (Wildman–Crippen LogP) is 2.22. The second-order valence-electron chi connectivity index (χ2n) is 5.59.